The second kappa shape index (κ2) is 5.99. The Morgan fingerprint density at radius 3 is 2.73 bits per heavy atom. The summed E-state index contributed by atoms with van der Waals surface area (Å²) in [5.41, 5.74) is 2.66. The first kappa shape index (κ1) is 14.3. The molecule has 0 fully saturated rings. The van der Waals surface area contributed by atoms with Crippen LogP contribution >= 0.6 is 11.6 Å². The second-order valence-electron chi connectivity index (χ2n) is 4.80. The summed E-state index contributed by atoms with van der Waals surface area (Å²) in [6.07, 6.45) is 1.59. The zero-order chi connectivity index (χ0) is 15.5. The van der Waals surface area contributed by atoms with Gasteiger partial charge in [-0.05, 0) is 36.8 Å². The van der Waals surface area contributed by atoms with Crippen LogP contribution in [-0.2, 0) is 0 Å². The van der Waals surface area contributed by atoms with Gasteiger partial charge in [0.2, 0.25) is 0 Å². The SMILES string of the molecule is Cc1ccc(Cl)cc1NC(=O)c1cn(-c2ccccc2)nn1. The topological polar surface area (TPSA) is 59.8 Å². The molecule has 3 rings (SSSR count). The van der Waals surface area contributed by atoms with Crippen LogP contribution in [0, 0.1) is 6.92 Å². The molecule has 0 atom stereocenters. The van der Waals surface area contributed by atoms with Crippen molar-refractivity contribution in [2.45, 2.75) is 6.92 Å². The lowest BCUT2D eigenvalue weighted by atomic mass is 10.2. The van der Waals surface area contributed by atoms with Crippen molar-refractivity contribution in [2.24, 2.45) is 0 Å². The molecule has 3 aromatic rings. The number of nitrogens with one attached hydrogen (secondary N) is 1. The Hall–Kier alpha value is -2.66. The molecule has 0 unspecified atom stereocenters. The van der Waals surface area contributed by atoms with Crippen molar-refractivity contribution in [3.8, 4) is 5.69 Å². The summed E-state index contributed by atoms with van der Waals surface area (Å²) in [4.78, 5) is 12.3. The number of benzene rings is 2. The van der Waals surface area contributed by atoms with Crippen LogP contribution in [0.15, 0.2) is 54.7 Å². The first-order chi connectivity index (χ1) is 10.6. The number of aromatic nitrogens is 3. The van der Waals surface area contributed by atoms with Gasteiger partial charge in [0.1, 0.15) is 0 Å². The molecule has 0 bridgehead atoms. The van der Waals surface area contributed by atoms with E-state index >= 15 is 0 Å². The average molecular weight is 313 g/mol. The highest BCUT2D eigenvalue weighted by Crippen LogP contribution is 2.20. The summed E-state index contributed by atoms with van der Waals surface area (Å²) in [6, 6.07) is 14.8. The van der Waals surface area contributed by atoms with Gasteiger partial charge in [0.05, 0.1) is 11.9 Å². The first-order valence-corrected chi connectivity index (χ1v) is 7.06. The molecular formula is C16H13ClN4O. The molecule has 0 saturated carbocycles. The number of amides is 1. The molecule has 5 nitrogen and oxygen atoms in total. The number of halogens is 1. The van der Waals surface area contributed by atoms with E-state index in [1.54, 1.807) is 23.0 Å². The molecule has 0 aliphatic carbocycles. The number of carbonyl (C=O) groups excluding carboxylic acids is 1. The van der Waals surface area contributed by atoms with Crippen molar-refractivity contribution in [2.75, 3.05) is 5.32 Å². The molecule has 0 aliphatic heterocycles. The van der Waals surface area contributed by atoms with Crippen LogP contribution in [0.1, 0.15) is 16.1 Å². The van der Waals surface area contributed by atoms with E-state index in [4.69, 9.17) is 11.6 Å². The largest absolute Gasteiger partial charge is 0.320 e. The predicted molar refractivity (Wildman–Crippen MR) is 85.5 cm³/mol. The van der Waals surface area contributed by atoms with Gasteiger partial charge >= 0.3 is 0 Å². The summed E-state index contributed by atoms with van der Waals surface area (Å²) in [5.74, 6) is -0.326. The fourth-order valence-corrected chi connectivity index (χ4v) is 2.16. The minimum Gasteiger partial charge on any atom is -0.320 e. The lowest BCUT2D eigenvalue weighted by Gasteiger charge is -2.06. The summed E-state index contributed by atoms with van der Waals surface area (Å²) in [6.45, 7) is 1.90. The van der Waals surface area contributed by atoms with Gasteiger partial charge in [0, 0.05) is 10.7 Å². The number of hydrogen-bond donors (Lipinski definition) is 1. The Bertz CT molecular complexity index is 814. The fraction of sp³-hybridized carbons (Fsp3) is 0.0625. The number of para-hydroxylation sites is 1. The Kier molecular flexibility index (Phi) is 3.89. The van der Waals surface area contributed by atoms with E-state index < -0.39 is 0 Å². The Morgan fingerprint density at radius 1 is 1.18 bits per heavy atom. The average Bonchev–Trinajstić information content (AvgIpc) is 3.02. The second-order valence-corrected chi connectivity index (χ2v) is 5.23. The Labute approximate surface area is 132 Å². The highest BCUT2D eigenvalue weighted by atomic mass is 35.5. The lowest BCUT2D eigenvalue weighted by molar-refractivity contribution is 0.102. The van der Waals surface area contributed by atoms with Gasteiger partial charge in [0.25, 0.3) is 5.91 Å². The van der Waals surface area contributed by atoms with Crippen LogP contribution in [0.2, 0.25) is 5.02 Å². The first-order valence-electron chi connectivity index (χ1n) is 6.69. The predicted octanol–water partition coefficient (Wildman–Crippen LogP) is 3.48. The van der Waals surface area contributed by atoms with Crippen LogP contribution in [-0.4, -0.2) is 20.9 Å². The summed E-state index contributed by atoms with van der Waals surface area (Å²) in [7, 11) is 0. The zero-order valence-corrected chi connectivity index (χ0v) is 12.6. The van der Waals surface area contributed by atoms with E-state index in [9.17, 15) is 4.79 Å². The summed E-state index contributed by atoms with van der Waals surface area (Å²) in [5, 5.41) is 11.2. The highest BCUT2D eigenvalue weighted by Gasteiger charge is 2.13. The third kappa shape index (κ3) is 2.99. The van der Waals surface area contributed by atoms with Gasteiger partial charge in [-0.3, -0.25) is 4.79 Å². The molecular weight excluding hydrogens is 300 g/mol. The fourth-order valence-electron chi connectivity index (χ4n) is 1.99. The number of anilines is 1. The molecule has 1 heterocycles. The van der Waals surface area contributed by atoms with Crippen molar-refractivity contribution in [3.05, 3.63) is 71.0 Å². The zero-order valence-electron chi connectivity index (χ0n) is 11.8. The molecule has 0 saturated heterocycles. The third-order valence-corrected chi connectivity index (χ3v) is 3.43. The third-order valence-electron chi connectivity index (χ3n) is 3.19. The van der Waals surface area contributed by atoms with Crippen molar-refractivity contribution in [3.63, 3.8) is 0 Å². The van der Waals surface area contributed by atoms with Crippen molar-refractivity contribution in [1.82, 2.24) is 15.0 Å². The van der Waals surface area contributed by atoms with Crippen LogP contribution in [0.3, 0.4) is 0 Å². The summed E-state index contributed by atoms with van der Waals surface area (Å²) < 4.78 is 1.56. The van der Waals surface area contributed by atoms with E-state index in [1.807, 2.05) is 43.3 Å². The normalized spacial score (nSPS) is 10.5. The number of hydrogen-bond acceptors (Lipinski definition) is 3. The maximum atomic E-state index is 12.3. The van der Waals surface area contributed by atoms with Crippen LogP contribution in [0.5, 0.6) is 0 Å². The monoisotopic (exact) mass is 312 g/mol. The van der Waals surface area contributed by atoms with E-state index in [2.05, 4.69) is 15.6 Å². The molecule has 22 heavy (non-hydrogen) atoms. The van der Waals surface area contributed by atoms with Gasteiger partial charge < -0.3 is 5.32 Å². The van der Waals surface area contributed by atoms with E-state index in [-0.39, 0.29) is 11.6 Å². The Morgan fingerprint density at radius 2 is 1.95 bits per heavy atom. The minimum absolute atomic E-state index is 0.239. The molecule has 0 spiro atoms. The van der Waals surface area contributed by atoms with Crippen molar-refractivity contribution < 1.29 is 4.79 Å². The molecule has 1 aromatic heterocycles. The lowest BCUT2D eigenvalue weighted by Crippen LogP contribution is -2.13. The summed E-state index contributed by atoms with van der Waals surface area (Å²) >= 11 is 5.95. The van der Waals surface area contributed by atoms with Crippen LogP contribution in [0.25, 0.3) is 5.69 Å². The maximum absolute atomic E-state index is 12.3. The van der Waals surface area contributed by atoms with Gasteiger partial charge in [-0.25, -0.2) is 4.68 Å². The van der Waals surface area contributed by atoms with E-state index in [1.165, 1.54) is 0 Å². The standard InChI is InChI=1S/C16H13ClN4O/c1-11-7-8-12(17)9-14(11)18-16(22)15-10-21(20-19-15)13-5-3-2-4-6-13/h2-10H,1H3,(H,18,22). The van der Waals surface area contributed by atoms with Gasteiger partial charge in [-0.15, -0.1) is 5.10 Å². The van der Waals surface area contributed by atoms with E-state index in [0.29, 0.717) is 10.7 Å². The number of rotatable bonds is 3. The van der Waals surface area contributed by atoms with Crippen molar-refractivity contribution >= 4 is 23.2 Å². The van der Waals surface area contributed by atoms with Gasteiger partial charge in [-0.2, -0.15) is 0 Å². The molecule has 2 aromatic carbocycles. The van der Waals surface area contributed by atoms with E-state index in [0.717, 1.165) is 11.3 Å². The number of aryl methyl sites for hydroxylation is 1. The quantitative estimate of drug-likeness (QED) is 0.805. The molecule has 6 heteroatoms. The molecule has 1 N–H and O–H groups in total. The van der Waals surface area contributed by atoms with Crippen LogP contribution < -0.4 is 5.32 Å². The number of nitrogens with zero attached hydrogens (tertiary/aromatic N) is 3. The molecule has 0 aliphatic rings. The van der Waals surface area contributed by atoms with Gasteiger partial charge in [-0.1, -0.05) is 41.1 Å². The molecule has 110 valence electrons. The Balaban J connectivity index is 1.81. The molecule has 1 amide bonds. The smallest absolute Gasteiger partial charge is 0.277 e. The molecule has 0 radical (unpaired) electrons. The van der Waals surface area contributed by atoms with Crippen LogP contribution in [0.4, 0.5) is 5.69 Å². The minimum atomic E-state index is -0.326. The number of carbonyl (C=O) groups is 1. The highest BCUT2D eigenvalue weighted by molar-refractivity contribution is 6.31. The van der Waals surface area contributed by atoms with Crippen molar-refractivity contribution in [1.29, 1.82) is 0 Å². The van der Waals surface area contributed by atoms with Gasteiger partial charge in [0.15, 0.2) is 5.69 Å². The maximum Gasteiger partial charge on any atom is 0.277 e.